The van der Waals surface area contributed by atoms with Gasteiger partial charge in [-0.15, -0.1) is 0 Å². The number of ketones is 2. The van der Waals surface area contributed by atoms with Crippen molar-refractivity contribution in [3.8, 4) is 0 Å². The molecule has 2 aromatic rings. The first kappa shape index (κ1) is 17.2. The Morgan fingerprint density at radius 3 is 1.67 bits per heavy atom. The molecule has 2 rings (SSSR count). The standard InChI is InChI=1S/C8H7BrO.C8H6F2O/c9-6-8(10)7-4-2-1-3-5-7;9-8(10)7(11)6-4-2-1-3-5-6/h1-5H,6H2;1-5,8H. The third-order valence-electron chi connectivity index (χ3n) is 2.47. The maximum Gasteiger partial charge on any atom is 0.300 e. The van der Waals surface area contributed by atoms with Crippen LogP contribution in [0.5, 0.6) is 0 Å². The van der Waals surface area contributed by atoms with E-state index < -0.39 is 12.2 Å². The summed E-state index contributed by atoms with van der Waals surface area (Å²) in [5.41, 5.74) is 0.821. The van der Waals surface area contributed by atoms with E-state index in [4.69, 9.17) is 0 Å². The summed E-state index contributed by atoms with van der Waals surface area (Å²) in [7, 11) is 0. The molecule has 0 unspecified atom stereocenters. The van der Waals surface area contributed by atoms with E-state index in [-0.39, 0.29) is 11.3 Å². The predicted molar refractivity (Wildman–Crippen MR) is 81.3 cm³/mol. The molecular formula is C16H13BrF2O2. The van der Waals surface area contributed by atoms with Gasteiger partial charge in [-0.05, 0) is 0 Å². The van der Waals surface area contributed by atoms with Gasteiger partial charge in [0.25, 0.3) is 0 Å². The molecular weight excluding hydrogens is 342 g/mol. The molecule has 2 nitrogen and oxygen atoms in total. The van der Waals surface area contributed by atoms with Crippen LogP contribution in [0.2, 0.25) is 0 Å². The lowest BCUT2D eigenvalue weighted by molar-refractivity contribution is 0.0678. The zero-order valence-corrected chi connectivity index (χ0v) is 12.6. The average Bonchev–Trinajstić information content (AvgIpc) is 2.55. The van der Waals surface area contributed by atoms with E-state index in [1.54, 1.807) is 18.2 Å². The third kappa shape index (κ3) is 5.95. The maximum atomic E-state index is 11.8. The Labute approximate surface area is 129 Å². The van der Waals surface area contributed by atoms with Crippen molar-refractivity contribution < 1.29 is 18.4 Å². The van der Waals surface area contributed by atoms with Crippen molar-refractivity contribution in [2.45, 2.75) is 6.43 Å². The Hall–Kier alpha value is -1.88. The highest BCUT2D eigenvalue weighted by Crippen LogP contribution is 2.06. The summed E-state index contributed by atoms with van der Waals surface area (Å²) in [5, 5.41) is 0.400. The van der Waals surface area contributed by atoms with E-state index in [0.29, 0.717) is 5.33 Å². The molecule has 0 N–H and O–H groups in total. The summed E-state index contributed by atoms with van der Waals surface area (Å²) in [4.78, 5) is 21.6. The molecule has 2 aromatic carbocycles. The van der Waals surface area contributed by atoms with Crippen molar-refractivity contribution >= 4 is 27.5 Å². The van der Waals surface area contributed by atoms with Gasteiger partial charge >= 0.3 is 6.43 Å². The first-order valence-electron chi connectivity index (χ1n) is 6.08. The minimum Gasteiger partial charge on any atom is -0.293 e. The Morgan fingerprint density at radius 2 is 1.29 bits per heavy atom. The number of benzene rings is 2. The number of carbonyl (C=O) groups excluding carboxylic acids is 2. The Bertz CT molecular complexity index is 571. The summed E-state index contributed by atoms with van der Waals surface area (Å²) in [6.45, 7) is 0. The number of alkyl halides is 3. The minimum absolute atomic E-state index is 0.0579. The highest BCUT2D eigenvalue weighted by molar-refractivity contribution is 9.09. The van der Waals surface area contributed by atoms with Gasteiger partial charge in [0.05, 0.1) is 5.33 Å². The fourth-order valence-electron chi connectivity index (χ4n) is 1.43. The second kappa shape index (κ2) is 9.13. The van der Waals surface area contributed by atoms with Gasteiger partial charge in [-0.1, -0.05) is 76.6 Å². The predicted octanol–water partition coefficient (Wildman–Crippen LogP) is 4.40. The van der Waals surface area contributed by atoms with Crippen molar-refractivity contribution in [3.63, 3.8) is 0 Å². The van der Waals surface area contributed by atoms with Gasteiger partial charge in [-0.25, -0.2) is 8.78 Å². The number of rotatable bonds is 4. The molecule has 0 spiro atoms. The van der Waals surface area contributed by atoms with Crippen molar-refractivity contribution in [1.82, 2.24) is 0 Å². The van der Waals surface area contributed by atoms with Crippen LogP contribution in [0.3, 0.4) is 0 Å². The molecule has 0 aromatic heterocycles. The number of Topliss-reactive ketones (excluding diaryl/α,β-unsaturated/α-hetero) is 2. The van der Waals surface area contributed by atoms with Crippen LogP contribution in [0, 0.1) is 0 Å². The summed E-state index contributed by atoms with van der Waals surface area (Å²) in [6.07, 6.45) is -2.91. The molecule has 0 amide bonds. The fourth-order valence-corrected chi connectivity index (χ4v) is 1.75. The molecule has 0 atom stereocenters. The van der Waals surface area contributed by atoms with Crippen LogP contribution < -0.4 is 0 Å². The maximum absolute atomic E-state index is 11.8. The van der Waals surface area contributed by atoms with Crippen molar-refractivity contribution in [1.29, 1.82) is 0 Å². The molecule has 0 aliphatic carbocycles. The molecule has 21 heavy (non-hydrogen) atoms. The monoisotopic (exact) mass is 354 g/mol. The molecule has 0 saturated heterocycles. The molecule has 5 heteroatoms. The van der Waals surface area contributed by atoms with E-state index in [9.17, 15) is 18.4 Å². The van der Waals surface area contributed by atoms with Gasteiger partial charge in [0, 0.05) is 11.1 Å². The fraction of sp³-hybridized carbons (Fsp3) is 0.125. The van der Waals surface area contributed by atoms with Gasteiger partial charge in [0.2, 0.25) is 5.78 Å². The second-order valence-corrected chi connectivity index (χ2v) is 4.51. The SMILES string of the molecule is O=C(CBr)c1ccccc1.O=C(c1ccccc1)C(F)F. The molecule has 0 aliphatic rings. The van der Waals surface area contributed by atoms with E-state index in [1.165, 1.54) is 12.1 Å². The number of carbonyl (C=O) groups is 2. The Balaban J connectivity index is 0.000000211. The van der Waals surface area contributed by atoms with E-state index in [1.807, 2.05) is 30.3 Å². The first-order chi connectivity index (χ1) is 10.1. The van der Waals surface area contributed by atoms with Crippen LogP contribution in [0.4, 0.5) is 8.78 Å². The number of hydrogen-bond donors (Lipinski definition) is 0. The van der Waals surface area contributed by atoms with Crippen LogP contribution in [0.1, 0.15) is 20.7 Å². The van der Waals surface area contributed by atoms with Gasteiger partial charge in [0.15, 0.2) is 5.78 Å². The quantitative estimate of drug-likeness (QED) is 0.602. The van der Waals surface area contributed by atoms with Crippen molar-refractivity contribution in [3.05, 3.63) is 71.8 Å². The minimum atomic E-state index is -2.91. The molecule has 0 radical (unpaired) electrons. The van der Waals surface area contributed by atoms with Gasteiger partial charge in [0.1, 0.15) is 0 Å². The summed E-state index contributed by atoms with van der Waals surface area (Å²) < 4.78 is 23.5. The normalized spacial score (nSPS) is 9.71. The van der Waals surface area contributed by atoms with Crippen molar-refractivity contribution in [2.75, 3.05) is 5.33 Å². The van der Waals surface area contributed by atoms with E-state index in [0.717, 1.165) is 5.56 Å². The smallest absolute Gasteiger partial charge is 0.293 e. The van der Waals surface area contributed by atoms with Gasteiger partial charge in [-0.3, -0.25) is 9.59 Å². The lowest BCUT2D eigenvalue weighted by Gasteiger charge is -1.96. The first-order valence-corrected chi connectivity index (χ1v) is 7.20. The second-order valence-electron chi connectivity index (χ2n) is 3.95. The van der Waals surface area contributed by atoms with E-state index in [2.05, 4.69) is 15.9 Å². The molecule has 0 saturated carbocycles. The van der Waals surface area contributed by atoms with Crippen molar-refractivity contribution in [2.24, 2.45) is 0 Å². The molecule has 110 valence electrons. The van der Waals surface area contributed by atoms with Gasteiger partial charge in [-0.2, -0.15) is 0 Å². The number of hydrogen-bond acceptors (Lipinski definition) is 2. The lowest BCUT2D eigenvalue weighted by Crippen LogP contribution is -2.09. The molecule has 0 heterocycles. The largest absolute Gasteiger partial charge is 0.300 e. The van der Waals surface area contributed by atoms with Gasteiger partial charge < -0.3 is 0 Å². The van der Waals surface area contributed by atoms with Crippen LogP contribution in [0.25, 0.3) is 0 Å². The molecule has 0 bridgehead atoms. The zero-order chi connectivity index (χ0) is 15.7. The number of halogens is 3. The van der Waals surface area contributed by atoms with Crippen LogP contribution >= 0.6 is 15.9 Å². The highest BCUT2D eigenvalue weighted by Gasteiger charge is 2.16. The summed E-state index contributed by atoms with van der Waals surface area (Å²) >= 11 is 3.10. The van der Waals surface area contributed by atoms with Crippen LogP contribution in [-0.4, -0.2) is 23.3 Å². The average molecular weight is 355 g/mol. The Morgan fingerprint density at radius 1 is 0.857 bits per heavy atom. The van der Waals surface area contributed by atoms with E-state index >= 15 is 0 Å². The Kier molecular flexibility index (Phi) is 7.46. The lowest BCUT2D eigenvalue weighted by atomic mass is 10.1. The topological polar surface area (TPSA) is 34.1 Å². The van der Waals surface area contributed by atoms with Crippen LogP contribution in [0.15, 0.2) is 60.7 Å². The van der Waals surface area contributed by atoms with Crippen LogP contribution in [-0.2, 0) is 0 Å². The molecule has 0 aliphatic heterocycles. The summed E-state index contributed by atoms with van der Waals surface area (Å²) in [5.74, 6) is -0.994. The third-order valence-corrected chi connectivity index (χ3v) is 2.98. The highest BCUT2D eigenvalue weighted by atomic mass is 79.9. The molecule has 0 fully saturated rings. The summed E-state index contributed by atoms with van der Waals surface area (Å²) in [6, 6.07) is 16.7. The zero-order valence-electron chi connectivity index (χ0n) is 11.0.